The lowest BCUT2D eigenvalue weighted by Gasteiger charge is -2.41. The maximum Gasteiger partial charge on any atom is 0.264 e. The fourth-order valence-electron chi connectivity index (χ4n) is 3.11. The Morgan fingerprint density at radius 2 is 2.27 bits per heavy atom. The molecular weight excluding hydrogens is 414 g/mol. The molecule has 1 unspecified atom stereocenters. The highest BCUT2D eigenvalue weighted by atomic mass is 79.9. The SMILES string of the molecule is CCCCN1CCN(C(=O)c2ccc(Br)s2)C(COc2cccnc2)C1. The van der Waals surface area contributed by atoms with Gasteiger partial charge in [0.15, 0.2) is 0 Å². The van der Waals surface area contributed by atoms with Crippen molar-refractivity contribution in [3.05, 3.63) is 45.3 Å². The smallest absolute Gasteiger partial charge is 0.264 e. The zero-order valence-electron chi connectivity index (χ0n) is 14.9. The Morgan fingerprint density at radius 3 is 2.96 bits per heavy atom. The predicted molar refractivity (Wildman–Crippen MR) is 108 cm³/mol. The number of hydrogen-bond acceptors (Lipinski definition) is 5. The lowest BCUT2D eigenvalue weighted by atomic mass is 10.1. The Morgan fingerprint density at radius 1 is 1.38 bits per heavy atom. The first-order chi connectivity index (χ1) is 12.7. The van der Waals surface area contributed by atoms with Crippen LogP contribution >= 0.6 is 27.3 Å². The summed E-state index contributed by atoms with van der Waals surface area (Å²) in [7, 11) is 0. The van der Waals surface area contributed by atoms with Crippen LogP contribution in [0.15, 0.2) is 40.4 Å². The first-order valence-electron chi connectivity index (χ1n) is 8.99. The summed E-state index contributed by atoms with van der Waals surface area (Å²) in [6.45, 7) is 6.26. The van der Waals surface area contributed by atoms with Gasteiger partial charge in [0.05, 0.1) is 20.9 Å². The van der Waals surface area contributed by atoms with Crippen molar-refractivity contribution in [1.82, 2.24) is 14.8 Å². The molecule has 3 heterocycles. The quantitative estimate of drug-likeness (QED) is 0.658. The van der Waals surface area contributed by atoms with Gasteiger partial charge in [0.1, 0.15) is 12.4 Å². The molecule has 0 spiro atoms. The van der Waals surface area contributed by atoms with E-state index in [1.807, 2.05) is 29.2 Å². The van der Waals surface area contributed by atoms with Gasteiger partial charge in [0, 0.05) is 25.8 Å². The molecule has 1 aliphatic rings. The first-order valence-corrected chi connectivity index (χ1v) is 10.6. The Kier molecular flexibility index (Phi) is 7.05. The molecule has 0 aromatic carbocycles. The minimum absolute atomic E-state index is 0.0363. The third kappa shape index (κ3) is 5.05. The number of halogens is 1. The molecule has 2 aromatic heterocycles. The average Bonchev–Trinajstić information content (AvgIpc) is 3.11. The van der Waals surface area contributed by atoms with Gasteiger partial charge in [0.25, 0.3) is 5.91 Å². The second kappa shape index (κ2) is 9.48. The standard InChI is InChI=1S/C19H24BrN3O2S/c1-2-3-9-22-10-11-23(19(24)17-6-7-18(20)26-17)15(13-22)14-25-16-5-4-8-21-12-16/h4-8,12,15H,2-3,9-11,13-14H2,1H3. The summed E-state index contributed by atoms with van der Waals surface area (Å²) >= 11 is 4.93. The van der Waals surface area contributed by atoms with Crippen LogP contribution in [0.2, 0.25) is 0 Å². The number of thiophene rings is 1. The second-order valence-electron chi connectivity index (χ2n) is 6.41. The molecular formula is C19H24BrN3O2S. The summed E-state index contributed by atoms with van der Waals surface area (Å²) in [5.41, 5.74) is 0. The topological polar surface area (TPSA) is 45.7 Å². The lowest BCUT2D eigenvalue weighted by molar-refractivity contribution is 0.0334. The van der Waals surface area contributed by atoms with Gasteiger partial charge in [-0.2, -0.15) is 0 Å². The number of carbonyl (C=O) groups excluding carboxylic acids is 1. The number of hydrogen-bond donors (Lipinski definition) is 0. The molecule has 2 aromatic rings. The van der Waals surface area contributed by atoms with E-state index < -0.39 is 0 Å². The number of piperazine rings is 1. The summed E-state index contributed by atoms with van der Waals surface area (Å²) in [6, 6.07) is 7.60. The van der Waals surface area contributed by atoms with Gasteiger partial charge in [0.2, 0.25) is 0 Å². The molecule has 1 fully saturated rings. The monoisotopic (exact) mass is 437 g/mol. The fourth-order valence-corrected chi connectivity index (χ4v) is 4.45. The number of rotatable bonds is 7. The molecule has 0 aliphatic carbocycles. The van der Waals surface area contributed by atoms with Crippen LogP contribution in [0, 0.1) is 0 Å². The largest absolute Gasteiger partial charge is 0.490 e. The number of carbonyl (C=O) groups is 1. The average molecular weight is 438 g/mol. The highest BCUT2D eigenvalue weighted by molar-refractivity contribution is 9.11. The zero-order chi connectivity index (χ0) is 18.4. The molecule has 0 bridgehead atoms. The van der Waals surface area contributed by atoms with Crippen molar-refractivity contribution >= 4 is 33.2 Å². The minimum Gasteiger partial charge on any atom is -0.490 e. The molecule has 1 aliphatic heterocycles. The fraction of sp³-hybridized carbons (Fsp3) is 0.474. The van der Waals surface area contributed by atoms with E-state index in [4.69, 9.17) is 4.74 Å². The lowest BCUT2D eigenvalue weighted by Crippen LogP contribution is -2.57. The number of pyridine rings is 1. The number of aromatic nitrogens is 1. The van der Waals surface area contributed by atoms with Gasteiger partial charge in [-0.25, -0.2) is 0 Å². The molecule has 1 amide bonds. The molecule has 3 rings (SSSR count). The third-order valence-corrected chi connectivity index (χ3v) is 6.13. The van der Waals surface area contributed by atoms with Crippen LogP contribution in [0.4, 0.5) is 0 Å². The van der Waals surface area contributed by atoms with Gasteiger partial charge in [-0.1, -0.05) is 13.3 Å². The van der Waals surface area contributed by atoms with Crippen LogP contribution < -0.4 is 4.74 Å². The normalized spacial score (nSPS) is 18.1. The van der Waals surface area contributed by atoms with Crippen molar-refractivity contribution < 1.29 is 9.53 Å². The maximum absolute atomic E-state index is 13.0. The van der Waals surface area contributed by atoms with Gasteiger partial charge in [-0.05, 0) is 53.2 Å². The van der Waals surface area contributed by atoms with E-state index in [1.165, 1.54) is 24.2 Å². The summed E-state index contributed by atoms with van der Waals surface area (Å²) in [5, 5.41) is 0. The molecule has 5 nitrogen and oxygen atoms in total. The predicted octanol–water partition coefficient (Wildman–Crippen LogP) is 3.91. The summed E-state index contributed by atoms with van der Waals surface area (Å²) in [5.74, 6) is 0.833. The van der Waals surface area contributed by atoms with Crippen LogP contribution in [0.1, 0.15) is 29.4 Å². The Balaban J connectivity index is 1.69. The molecule has 0 N–H and O–H groups in total. The second-order valence-corrected chi connectivity index (χ2v) is 8.87. The van der Waals surface area contributed by atoms with Crippen molar-refractivity contribution in [2.24, 2.45) is 0 Å². The summed E-state index contributed by atoms with van der Waals surface area (Å²) < 4.78 is 6.91. The minimum atomic E-state index is 0.0363. The van der Waals surface area contributed by atoms with E-state index in [-0.39, 0.29) is 11.9 Å². The summed E-state index contributed by atoms with van der Waals surface area (Å²) in [6.07, 6.45) is 5.80. The maximum atomic E-state index is 13.0. The van der Waals surface area contributed by atoms with Crippen LogP contribution in [-0.4, -0.2) is 59.5 Å². The number of amides is 1. The molecule has 26 heavy (non-hydrogen) atoms. The molecule has 0 saturated carbocycles. The van der Waals surface area contributed by atoms with E-state index in [1.54, 1.807) is 12.4 Å². The van der Waals surface area contributed by atoms with E-state index in [2.05, 4.69) is 32.7 Å². The van der Waals surface area contributed by atoms with Crippen LogP contribution in [0.5, 0.6) is 5.75 Å². The molecule has 140 valence electrons. The van der Waals surface area contributed by atoms with E-state index in [0.29, 0.717) is 6.61 Å². The van der Waals surface area contributed by atoms with Crippen LogP contribution in [0.25, 0.3) is 0 Å². The number of ether oxygens (including phenoxy) is 1. The van der Waals surface area contributed by atoms with E-state index in [0.717, 1.165) is 40.6 Å². The molecule has 7 heteroatoms. The number of nitrogens with zero attached hydrogens (tertiary/aromatic N) is 3. The van der Waals surface area contributed by atoms with Crippen LogP contribution in [-0.2, 0) is 0 Å². The first kappa shape index (κ1) is 19.3. The van der Waals surface area contributed by atoms with Gasteiger partial charge in [-0.15, -0.1) is 11.3 Å². The Bertz CT molecular complexity index is 710. The highest BCUT2D eigenvalue weighted by Gasteiger charge is 2.32. The Hall–Kier alpha value is -1.44. The Labute approximate surface area is 167 Å². The van der Waals surface area contributed by atoms with Crippen molar-refractivity contribution in [3.8, 4) is 5.75 Å². The molecule has 1 saturated heterocycles. The van der Waals surface area contributed by atoms with Crippen molar-refractivity contribution in [3.63, 3.8) is 0 Å². The highest BCUT2D eigenvalue weighted by Crippen LogP contribution is 2.25. The van der Waals surface area contributed by atoms with E-state index in [9.17, 15) is 4.79 Å². The van der Waals surface area contributed by atoms with Crippen LogP contribution in [0.3, 0.4) is 0 Å². The molecule has 0 radical (unpaired) electrons. The third-order valence-electron chi connectivity index (χ3n) is 4.52. The summed E-state index contributed by atoms with van der Waals surface area (Å²) in [4.78, 5) is 22.3. The van der Waals surface area contributed by atoms with Crippen molar-refractivity contribution in [1.29, 1.82) is 0 Å². The van der Waals surface area contributed by atoms with Gasteiger partial charge >= 0.3 is 0 Å². The van der Waals surface area contributed by atoms with Gasteiger partial charge < -0.3 is 9.64 Å². The van der Waals surface area contributed by atoms with E-state index >= 15 is 0 Å². The van der Waals surface area contributed by atoms with Crippen molar-refractivity contribution in [2.45, 2.75) is 25.8 Å². The zero-order valence-corrected chi connectivity index (χ0v) is 17.3. The number of unbranched alkanes of at least 4 members (excludes halogenated alkanes) is 1. The van der Waals surface area contributed by atoms with Crippen molar-refractivity contribution in [2.75, 3.05) is 32.8 Å². The van der Waals surface area contributed by atoms with Gasteiger partial charge in [-0.3, -0.25) is 14.7 Å². The molecule has 1 atom stereocenters.